The Morgan fingerprint density at radius 2 is 1.87 bits per heavy atom. The average Bonchev–Trinajstić information content (AvgIpc) is 2.90. The van der Waals surface area contributed by atoms with E-state index in [9.17, 15) is 4.79 Å². The Balaban J connectivity index is 1.89. The van der Waals surface area contributed by atoms with E-state index in [0.717, 1.165) is 22.8 Å². The van der Waals surface area contributed by atoms with Gasteiger partial charge in [0.1, 0.15) is 5.01 Å². The maximum atomic E-state index is 12.2. The van der Waals surface area contributed by atoms with Crippen molar-refractivity contribution in [2.75, 3.05) is 5.32 Å². The number of rotatable bonds is 4. The molecule has 6 heteroatoms. The molecule has 0 aliphatic heterocycles. The summed E-state index contributed by atoms with van der Waals surface area (Å²) in [5, 5.41) is 8.60. The first-order valence-electron chi connectivity index (χ1n) is 7.68. The Labute approximate surface area is 139 Å². The fraction of sp³-hybridized carbons (Fsp3) is 0.353. The van der Waals surface area contributed by atoms with Gasteiger partial charge in [-0.2, -0.15) is 9.61 Å². The van der Waals surface area contributed by atoms with E-state index in [2.05, 4.69) is 48.3 Å². The lowest BCUT2D eigenvalue weighted by Gasteiger charge is -2.13. The fourth-order valence-corrected chi connectivity index (χ4v) is 3.62. The predicted octanol–water partition coefficient (Wildman–Crippen LogP) is 3.25. The molecule has 23 heavy (non-hydrogen) atoms. The van der Waals surface area contributed by atoms with Crippen molar-refractivity contribution in [3.8, 4) is 0 Å². The summed E-state index contributed by atoms with van der Waals surface area (Å²) in [5.74, 6) is 0. The molecule has 0 spiro atoms. The van der Waals surface area contributed by atoms with E-state index in [0.29, 0.717) is 11.5 Å². The predicted molar refractivity (Wildman–Crippen MR) is 94.5 cm³/mol. The summed E-state index contributed by atoms with van der Waals surface area (Å²) >= 11 is 1.47. The Morgan fingerprint density at radius 3 is 2.52 bits per heavy atom. The number of aryl methyl sites for hydroxylation is 4. The van der Waals surface area contributed by atoms with Crippen LogP contribution in [0.3, 0.4) is 0 Å². The first-order chi connectivity index (χ1) is 11.0. The second-order valence-electron chi connectivity index (χ2n) is 5.76. The molecule has 0 unspecified atom stereocenters. The molecule has 0 amide bonds. The molecule has 0 fully saturated rings. The summed E-state index contributed by atoms with van der Waals surface area (Å²) in [6, 6.07) is 5.85. The lowest BCUT2D eigenvalue weighted by molar-refractivity contribution is 0.846. The van der Waals surface area contributed by atoms with Crippen LogP contribution in [0.15, 0.2) is 23.0 Å². The van der Waals surface area contributed by atoms with Crippen LogP contribution in [-0.4, -0.2) is 14.6 Å². The number of nitrogens with one attached hydrogen (secondary N) is 1. The molecule has 5 nitrogen and oxygen atoms in total. The number of hydrogen-bond donors (Lipinski definition) is 1. The quantitative estimate of drug-likeness (QED) is 0.799. The SMILES string of the molecule is CCc1nn2c(=O)cc(CNc3c(C)cc(C)cc3C)nc2s1. The Hall–Kier alpha value is -2.21. The first-order valence-corrected chi connectivity index (χ1v) is 8.50. The van der Waals surface area contributed by atoms with E-state index in [1.807, 2.05) is 6.92 Å². The normalized spacial score (nSPS) is 11.1. The summed E-state index contributed by atoms with van der Waals surface area (Å²) in [6.45, 7) is 8.81. The van der Waals surface area contributed by atoms with Crippen molar-refractivity contribution in [1.29, 1.82) is 0 Å². The molecular formula is C17H20N4OS. The molecule has 0 saturated heterocycles. The minimum absolute atomic E-state index is 0.125. The zero-order valence-electron chi connectivity index (χ0n) is 13.8. The maximum Gasteiger partial charge on any atom is 0.275 e. The van der Waals surface area contributed by atoms with Gasteiger partial charge in [0.05, 0.1) is 12.2 Å². The Kier molecular flexibility index (Phi) is 4.17. The number of aromatic nitrogens is 3. The molecule has 0 bridgehead atoms. The van der Waals surface area contributed by atoms with E-state index >= 15 is 0 Å². The van der Waals surface area contributed by atoms with Gasteiger partial charge in [-0.15, -0.1) is 0 Å². The van der Waals surface area contributed by atoms with Gasteiger partial charge in [-0.25, -0.2) is 4.98 Å². The van der Waals surface area contributed by atoms with Gasteiger partial charge in [0.2, 0.25) is 4.96 Å². The molecule has 120 valence electrons. The molecule has 3 aromatic rings. The Bertz CT molecular complexity index is 903. The topological polar surface area (TPSA) is 59.3 Å². The van der Waals surface area contributed by atoms with E-state index in [-0.39, 0.29) is 5.56 Å². The van der Waals surface area contributed by atoms with Gasteiger partial charge in [-0.1, -0.05) is 36.0 Å². The van der Waals surface area contributed by atoms with Crippen LogP contribution in [0.5, 0.6) is 0 Å². The van der Waals surface area contributed by atoms with Gasteiger partial charge < -0.3 is 5.32 Å². The molecule has 2 aromatic heterocycles. The number of nitrogens with zero attached hydrogens (tertiary/aromatic N) is 3. The number of anilines is 1. The average molecular weight is 328 g/mol. The fourth-order valence-electron chi connectivity index (χ4n) is 2.77. The molecule has 0 radical (unpaired) electrons. The third-order valence-electron chi connectivity index (χ3n) is 3.77. The smallest absolute Gasteiger partial charge is 0.275 e. The Morgan fingerprint density at radius 1 is 1.17 bits per heavy atom. The summed E-state index contributed by atoms with van der Waals surface area (Å²) in [5.41, 5.74) is 5.37. The van der Waals surface area contributed by atoms with Crippen molar-refractivity contribution in [1.82, 2.24) is 14.6 Å². The third-order valence-corrected chi connectivity index (χ3v) is 4.82. The van der Waals surface area contributed by atoms with Crippen molar-refractivity contribution in [3.05, 3.63) is 55.9 Å². The minimum Gasteiger partial charge on any atom is -0.379 e. The summed E-state index contributed by atoms with van der Waals surface area (Å²) in [7, 11) is 0. The zero-order valence-corrected chi connectivity index (χ0v) is 14.6. The van der Waals surface area contributed by atoms with Crippen molar-refractivity contribution >= 4 is 22.0 Å². The van der Waals surface area contributed by atoms with Crippen LogP contribution >= 0.6 is 11.3 Å². The van der Waals surface area contributed by atoms with E-state index in [4.69, 9.17) is 0 Å². The van der Waals surface area contributed by atoms with Gasteiger partial charge in [-0.3, -0.25) is 4.79 Å². The molecule has 3 rings (SSSR count). The molecule has 0 saturated carbocycles. The lowest BCUT2D eigenvalue weighted by Crippen LogP contribution is -2.17. The van der Waals surface area contributed by atoms with Gasteiger partial charge in [0.15, 0.2) is 0 Å². The van der Waals surface area contributed by atoms with Crippen LogP contribution < -0.4 is 10.9 Å². The molecule has 1 aromatic carbocycles. The van der Waals surface area contributed by atoms with Gasteiger partial charge >= 0.3 is 0 Å². The van der Waals surface area contributed by atoms with E-state index in [1.54, 1.807) is 6.07 Å². The lowest BCUT2D eigenvalue weighted by atomic mass is 10.1. The minimum atomic E-state index is -0.125. The summed E-state index contributed by atoms with van der Waals surface area (Å²) in [6.07, 6.45) is 0.808. The standard InChI is InChI=1S/C17H20N4OS/c1-5-14-20-21-15(22)8-13(19-17(21)23-14)9-18-16-11(3)6-10(2)7-12(16)4/h6-8,18H,5,9H2,1-4H3. The van der Waals surface area contributed by atoms with Crippen LogP contribution in [0.4, 0.5) is 5.69 Å². The highest BCUT2D eigenvalue weighted by Crippen LogP contribution is 2.22. The molecule has 2 heterocycles. The summed E-state index contributed by atoms with van der Waals surface area (Å²) in [4.78, 5) is 17.4. The van der Waals surface area contributed by atoms with Crippen molar-refractivity contribution < 1.29 is 0 Å². The highest BCUT2D eigenvalue weighted by atomic mass is 32.1. The molecule has 0 aliphatic carbocycles. The van der Waals surface area contributed by atoms with Gasteiger partial charge in [0.25, 0.3) is 5.56 Å². The first kappa shape index (κ1) is 15.7. The molecule has 0 atom stereocenters. The second-order valence-corrected chi connectivity index (χ2v) is 6.80. The van der Waals surface area contributed by atoms with Crippen LogP contribution in [0, 0.1) is 20.8 Å². The second kappa shape index (κ2) is 6.12. The van der Waals surface area contributed by atoms with Crippen molar-refractivity contribution in [2.45, 2.75) is 40.7 Å². The van der Waals surface area contributed by atoms with Crippen LogP contribution in [0.25, 0.3) is 4.96 Å². The maximum absolute atomic E-state index is 12.2. The largest absolute Gasteiger partial charge is 0.379 e. The molecular weight excluding hydrogens is 308 g/mol. The number of benzene rings is 1. The number of hydrogen-bond acceptors (Lipinski definition) is 5. The van der Waals surface area contributed by atoms with Crippen LogP contribution in [0.2, 0.25) is 0 Å². The number of fused-ring (bicyclic) bond motifs is 1. The highest BCUT2D eigenvalue weighted by Gasteiger charge is 2.09. The zero-order chi connectivity index (χ0) is 16.6. The van der Waals surface area contributed by atoms with Crippen LogP contribution in [0.1, 0.15) is 34.3 Å². The third kappa shape index (κ3) is 3.12. The summed E-state index contributed by atoms with van der Waals surface area (Å²) < 4.78 is 1.38. The van der Waals surface area contributed by atoms with Gasteiger partial charge in [-0.05, 0) is 38.3 Å². The van der Waals surface area contributed by atoms with E-state index < -0.39 is 0 Å². The highest BCUT2D eigenvalue weighted by molar-refractivity contribution is 7.16. The van der Waals surface area contributed by atoms with Gasteiger partial charge in [0, 0.05) is 11.8 Å². The van der Waals surface area contributed by atoms with Crippen molar-refractivity contribution in [2.24, 2.45) is 0 Å². The molecule has 0 aliphatic rings. The molecule has 1 N–H and O–H groups in total. The van der Waals surface area contributed by atoms with E-state index in [1.165, 1.54) is 32.5 Å². The van der Waals surface area contributed by atoms with Crippen molar-refractivity contribution in [3.63, 3.8) is 0 Å². The monoisotopic (exact) mass is 328 g/mol. The van der Waals surface area contributed by atoms with Crippen LogP contribution in [-0.2, 0) is 13.0 Å².